The summed E-state index contributed by atoms with van der Waals surface area (Å²) in [6.45, 7) is 3.41. The normalized spacial score (nSPS) is 23.5. The minimum atomic E-state index is 0.626. The maximum absolute atomic E-state index is 3.79. The molecule has 1 aromatic carbocycles. The van der Waals surface area contributed by atoms with E-state index >= 15 is 0 Å². The van der Waals surface area contributed by atoms with Gasteiger partial charge in [-0.05, 0) is 49.8 Å². The Morgan fingerprint density at radius 1 is 1.17 bits per heavy atom. The molecule has 1 fully saturated rings. The van der Waals surface area contributed by atoms with Gasteiger partial charge in [0, 0.05) is 6.04 Å². The van der Waals surface area contributed by atoms with Gasteiger partial charge >= 0.3 is 0 Å². The number of aryl methyl sites for hydroxylation is 2. The number of hydrogen-bond donors (Lipinski definition) is 1. The first-order valence-electron chi connectivity index (χ1n) is 7.66. The van der Waals surface area contributed by atoms with Gasteiger partial charge < -0.3 is 5.32 Å². The van der Waals surface area contributed by atoms with Crippen molar-refractivity contribution in [2.45, 2.75) is 57.9 Å². The number of benzene rings is 1. The third kappa shape index (κ3) is 2.61. The molecule has 1 aromatic rings. The second kappa shape index (κ2) is 5.44. The first-order chi connectivity index (χ1) is 8.83. The number of hydrogen-bond acceptors (Lipinski definition) is 1. The molecule has 3 rings (SSSR count). The molecule has 1 unspecified atom stereocenters. The van der Waals surface area contributed by atoms with Crippen molar-refractivity contribution in [3.8, 4) is 0 Å². The van der Waals surface area contributed by atoms with Crippen molar-refractivity contribution < 1.29 is 0 Å². The van der Waals surface area contributed by atoms with E-state index in [1.54, 1.807) is 11.1 Å². The predicted octanol–water partition coefficient (Wildman–Crippen LogP) is 4.15. The van der Waals surface area contributed by atoms with E-state index in [1.165, 1.54) is 57.1 Å². The molecule has 2 aliphatic carbocycles. The minimum Gasteiger partial charge on any atom is -0.310 e. The van der Waals surface area contributed by atoms with Gasteiger partial charge in [0.2, 0.25) is 0 Å². The van der Waals surface area contributed by atoms with E-state index in [2.05, 4.69) is 30.4 Å². The minimum absolute atomic E-state index is 0.626. The van der Waals surface area contributed by atoms with Gasteiger partial charge in [-0.15, -0.1) is 0 Å². The summed E-state index contributed by atoms with van der Waals surface area (Å²) in [6, 6.07) is 7.58. The van der Waals surface area contributed by atoms with E-state index in [0.29, 0.717) is 6.04 Å². The van der Waals surface area contributed by atoms with Crippen LogP contribution in [0.1, 0.15) is 61.3 Å². The zero-order valence-corrected chi connectivity index (χ0v) is 11.5. The number of fused-ring (bicyclic) bond motifs is 1. The zero-order chi connectivity index (χ0) is 12.4. The van der Waals surface area contributed by atoms with E-state index in [4.69, 9.17) is 0 Å². The monoisotopic (exact) mass is 243 g/mol. The topological polar surface area (TPSA) is 12.0 Å². The van der Waals surface area contributed by atoms with Crippen LogP contribution in [-0.2, 0) is 6.42 Å². The summed E-state index contributed by atoms with van der Waals surface area (Å²) in [5.74, 6) is 1.01. The van der Waals surface area contributed by atoms with Crippen molar-refractivity contribution in [2.24, 2.45) is 5.92 Å². The van der Waals surface area contributed by atoms with E-state index in [0.717, 1.165) is 5.92 Å². The van der Waals surface area contributed by atoms with Crippen LogP contribution in [0, 0.1) is 12.8 Å². The summed E-state index contributed by atoms with van der Waals surface area (Å²) in [6.07, 6.45) is 9.83. The molecule has 0 heterocycles. The molecule has 0 aliphatic heterocycles. The third-order valence-corrected chi connectivity index (χ3v) is 4.80. The molecule has 0 amide bonds. The molecule has 0 bridgehead atoms. The van der Waals surface area contributed by atoms with Gasteiger partial charge in [0.25, 0.3) is 0 Å². The summed E-state index contributed by atoms with van der Waals surface area (Å²) in [5, 5.41) is 3.79. The lowest BCUT2D eigenvalue weighted by atomic mass is 10.0. The molecule has 0 spiro atoms. The molecule has 0 saturated heterocycles. The molecule has 2 aliphatic rings. The average molecular weight is 243 g/mol. The third-order valence-electron chi connectivity index (χ3n) is 4.80. The Labute approximate surface area is 111 Å². The van der Waals surface area contributed by atoms with Gasteiger partial charge in [0.1, 0.15) is 0 Å². The molecule has 18 heavy (non-hydrogen) atoms. The lowest BCUT2D eigenvalue weighted by molar-refractivity contribution is 0.443. The Morgan fingerprint density at radius 2 is 2.00 bits per heavy atom. The molecule has 98 valence electrons. The van der Waals surface area contributed by atoms with Crippen molar-refractivity contribution >= 4 is 0 Å². The smallest absolute Gasteiger partial charge is 0.0326 e. The van der Waals surface area contributed by atoms with Crippen LogP contribution in [0.4, 0.5) is 0 Å². The van der Waals surface area contributed by atoms with Crippen LogP contribution in [0.5, 0.6) is 0 Å². The fraction of sp³-hybridized carbons (Fsp3) is 0.647. The molecule has 0 radical (unpaired) electrons. The first kappa shape index (κ1) is 12.2. The van der Waals surface area contributed by atoms with E-state index in [1.807, 2.05) is 0 Å². The van der Waals surface area contributed by atoms with Crippen LogP contribution < -0.4 is 5.32 Å². The lowest BCUT2D eigenvalue weighted by Crippen LogP contribution is -2.22. The molecule has 1 N–H and O–H groups in total. The highest BCUT2D eigenvalue weighted by Crippen LogP contribution is 2.32. The highest BCUT2D eigenvalue weighted by Gasteiger charge is 2.22. The van der Waals surface area contributed by atoms with E-state index in [-0.39, 0.29) is 0 Å². The fourth-order valence-corrected chi connectivity index (χ4v) is 3.69. The van der Waals surface area contributed by atoms with Crippen LogP contribution >= 0.6 is 0 Å². The van der Waals surface area contributed by atoms with Gasteiger partial charge in [-0.2, -0.15) is 0 Å². The van der Waals surface area contributed by atoms with Crippen LogP contribution in [0.25, 0.3) is 0 Å². The maximum atomic E-state index is 3.79. The van der Waals surface area contributed by atoms with Gasteiger partial charge in [0.05, 0.1) is 0 Å². The highest BCUT2D eigenvalue weighted by atomic mass is 14.9. The lowest BCUT2D eigenvalue weighted by Gasteiger charge is -2.16. The van der Waals surface area contributed by atoms with Crippen molar-refractivity contribution in [1.29, 1.82) is 0 Å². The fourth-order valence-electron chi connectivity index (χ4n) is 3.69. The second-order valence-corrected chi connectivity index (χ2v) is 6.19. The standard InChI is InChI=1S/C17H25N/c1-13-6-7-15-8-9-17(16(15)12-13)18-11-10-14-4-2-3-5-14/h6-7,12,14,17-18H,2-5,8-11H2,1H3. The molecular weight excluding hydrogens is 218 g/mol. The summed E-state index contributed by atoms with van der Waals surface area (Å²) in [7, 11) is 0. The van der Waals surface area contributed by atoms with E-state index < -0.39 is 0 Å². The van der Waals surface area contributed by atoms with Crippen molar-refractivity contribution in [3.05, 3.63) is 34.9 Å². The van der Waals surface area contributed by atoms with Crippen LogP contribution in [-0.4, -0.2) is 6.54 Å². The maximum Gasteiger partial charge on any atom is 0.0326 e. The van der Waals surface area contributed by atoms with Crippen LogP contribution in [0.3, 0.4) is 0 Å². The summed E-state index contributed by atoms with van der Waals surface area (Å²) < 4.78 is 0. The van der Waals surface area contributed by atoms with Crippen molar-refractivity contribution in [3.63, 3.8) is 0 Å². The average Bonchev–Trinajstić information content (AvgIpc) is 2.99. The van der Waals surface area contributed by atoms with Crippen LogP contribution in [0.2, 0.25) is 0 Å². The Hall–Kier alpha value is -0.820. The SMILES string of the molecule is Cc1ccc2c(c1)C(NCCC1CCCC1)CC2. The van der Waals surface area contributed by atoms with Gasteiger partial charge in [-0.1, -0.05) is 49.4 Å². The van der Waals surface area contributed by atoms with Gasteiger partial charge in [0.15, 0.2) is 0 Å². The molecular formula is C17H25N. The van der Waals surface area contributed by atoms with Crippen molar-refractivity contribution in [1.82, 2.24) is 5.32 Å². The zero-order valence-electron chi connectivity index (χ0n) is 11.5. The summed E-state index contributed by atoms with van der Waals surface area (Å²) >= 11 is 0. The Morgan fingerprint density at radius 3 is 2.83 bits per heavy atom. The molecule has 1 nitrogen and oxygen atoms in total. The Balaban J connectivity index is 1.54. The quantitative estimate of drug-likeness (QED) is 0.837. The van der Waals surface area contributed by atoms with Crippen LogP contribution in [0.15, 0.2) is 18.2 Å². The largest absolute Gasteiger partial charge is 0.310 e. The summed E-state index contributed by atoms with van der Waals surface area (Å²) in [5.41, 5.74) is 4.54. The Kier molecular flexibility index (Phi) is 3.69. The summed E-state index contributed by atoms with van der Waals surface area (Å²) in [4.78, 5) is 0. The first-order valence-corrected chi connectivity index (χ1v) is 7.66. The second-order valence-electron chi connectivity index (χ2n) is 6.19. The number of rotatable bonds is 4. The number of nitrogens with one attached hydrogen (secondary N) is 1. The highest BCUT2D eigenvalue weighted by molar-refractivity contribution is 5.37. The van der Waals surface area contributed by atoms with Crippen molar-refractivity contribution in [2.75, 3.05) is 6.54 Å². The Bertz CT molecular complexity index is 404. The molecule has 1 saturated carbocycles. The van der Waals surface area contributed by atoms with Gasteiger partial charge in [-0.25, -0.2) is 0 Å². The predicted molar refractivity (Wildman–Crippen MR) is 76.8 cm³/mol. The molecule has 0 aromatic heterocycles. The van der Waals surface area contributed by atoms with Gasteiger partial charge in [-0.3, -0.25) is 0 Å². The van der Waals surface area contributed by atoms with E-state index in [9.17, 15) is 0 Å². The molecule has 1 atom stereocenters. The molecule has 1 heteroatoms.